The lowest BCUT2D eigenvalue weighted by atomic mass is 10.00. The van der Waals surface area contributed by atoms with Gasteiger partial charge in [-0.3, -0.25) is 19.8 Å². The Hall–Kier alpha value is -4.29. The number of halogens is 2. The van der Waals surface area contributed by atoms with Crippen molar-refractivity contribution in [2.24, 2.45) is 0 Å². The Balaban J connectivity index is 1.23. The molecule has 218 valence electrons. The Bertz CT molecular complexity index is 1460. The van der Waals surface area contributed by atoms with Crippen molar-refractivity contribution < 1.29 is 22.7 Å². The minimum absolute atomic E-state index is 0.0327. The second-order valence-corrected chi connectivity index (χ2v) is 10.5. The van der Waals surface area contributed by atoms with Gasteiger partial charge < -0.3 is 14.1 Å². The first-order chi connectivity index (χ1) is 20.5. The normalized spacial score (nSPS) is 20.1. The predicted octanol–water partition coefficient (Wildman–Crippen LogP) is 4.72. The molecule has 2 amide bonds. The number of hydrogen-bond donors (Lipinski definition) is 0. The highest BCUT2D eigenvalue weighted by molar-refractivity contribution is 5.83. The Kier molecular flexibility index (Phi) is 8.15. The summed E-state index contributed by atoms with van der Waals surface area (Å²) in [6.07, 6.45) is 9.62. The van der Waals surface area contributed by atoms with Crippen molar-refractivity contribution in [3.05, 3.63) is 90.5 Å². The van der Waals surface area contributed by atoms with Crippen LogP contribution in [0, 0.1) is 0 Å². The van der Waals surface area contributed by atoms with Crippen LogP contribution in [-0.4, -0.2) is 85.8 Å². The van der Waals surface area contributed by atoms with Crippen LogP contribution in [0.1, 0.15) is 36.4 Å². The van der Waals surface area contributed by atoms with Gasteiger partial charge >= 0.3 is 12.5 Å². The highest BCUT2D eigenvalue weighted by Crippen LogP contribution is 2.32. The number of pyridine rings is 2. The van der Waals surface area contributed by atoms with Crippen molar-refractivity contribution in [3.8, 4) is 11.5 Å². The number of piperidine rings is 1. The number of aromatic nitrogens is 4. The Morgan fingerprint density at radius 2 is 1.95 bits per heavy atom. The molecule has 12 heteroatoms. The van der Waals surface area contributed by atoms with Gasteiger partial charge in [-0.2, -0.15) is 8.78 Å². The summed E-state index contributed by atoms with van der Waals surface area (Å²) in [5.41, 5.74) is 3.83. The van der Waals surface area contributed by atoms with Crippen molar-refractivity contribution in [3.63, 3.8) is 0 Å². The number of rotatable bonds is 9. The van der Waals surface area contributed by atoms with E-state index in [4.69, 9.17) is 9.15 Å². The molecule has 3 aliphatic heterocycles. The maximum Gasteiger partial charge on any atom is 0.325 e. The highest BCUT2D eigenvalue weighted by atomic mass is 19.3. The van der Waals surface area contributed by atoms with Gasteiger partial charge in [0.25, 0.3) is 5.89 Å². The summed E-state index contributed by atoms with van der Waals surface area (Å²) in [4.78, 5) is 28.8. The summed E-state index contributed by atoms with van der Waals surface area (Å²) in [6.45, 7) is 7.96. The molecule has 6 heterocycles. The average molecular weight is 576 g/mol. The fourth-order valence-corrected chi connectivity index (χ4v) is 5.53. The smallest absolute Gasteiger partial charge is 0.325 e. The van der Waals surface area contributed by atoms with Gasteiger partial charge in [-0.15, -0.1) is 10.2 Å². The molecule has 3 aliphatic rings. The lowest BCUT2D eigenvalue weighted by Gasteiger charge is -2.43. The van der Waals surface area contributed by atoms with Crippen LogP contribution in [0.2, 0.25) is 0 Å². The summed E-state index contributed by atoms with van der Waals surface area (Å²) >= 11 is 0. The van der Waals surface area contributed by atoms with E-state index in [0.29, 0.717) is 23.8 Å². The lowest BCUT2D eigenvalue weighted by molar-refractivity contribution is -0.0739. The van der Waals surface area contributed by atoms with E-state index in [9.17, 15) is 13.6 Å². The van der Waals surface area contributed by atoms with Crippen molar-refractivity contribution >= 4 is 11.6 Å². The minimum Gasteiger partial charge on any atom is -0.415 e. The van der Waals surface area contributed by atoms with Gasteiger partial charge in [0, 0.05) is 49.0 Å². The molecule has 3 aromatic rings. The molecule has 0 aromatic carbocycles. The van der Waals surface area contributed by atoms with Crippen LogP contribution in [0.3, 0.4) is 0 Å². The quantitative estimate of drug-likeness (QED) is 0.338. The van der Waals surface area contributed by atoms with Crippen LogP contribution in [0.15, 0.2) is 77.8 Å². The average Bonchev–Trinajstić information content (AvgIpc) is 3.59. The van der Waals surface area contributed by atoms with Crippen LogP contribution in [0.25, 0.3) is 17.0 Å². The summed E-state index contributed by atoms with van der Waals surface area (Å²) < 4.78 is 36.1. The van der Waals surface area contributed by atoms with Gasteiger partial charge in [-0.25, -0.2) is 4.79 Å². The molecule has 3 fully saturated rings. The van der Waals surface area contributed by atoms with Gasteiger partial charge in [-0.1, -0.05) is 24.8 Å². The number of urea groups is 1. The number of carbonyl (C=O) groups excluding carboxylic acids is 1. The zero-order chi connectivity index (χ0) is 29.1. The van der Waals surface area contributed by atoms with Gasteiger partial charge in [-0.05, 0) is 42.7 Å². The van der Waals surface area contributed by atoms with Crippen LogP contribution in [0.4, 0.5) is 13.6 Å². The first kappa shape index (κ1) is 27.9. The summed E-state index contributed by atoms with van der Waals surface area (Å²) in [5, 5.41) is 7.04. The van der Waals surface area contributed by atoms with Crippen LogP contribution in [-0.2, 0) is 11.3 Å². The van der Waals surface area contributed by atoms with Gasteiger partial charge in [0.15, 0.2) is 0 Å². The molecule has 6 rings (SSSR count). The standard InChI is InChI=1S/C30H31F2N7O3/c1-2-4-20(21-5-3-10-33-14-21)13-25-17-38(30(40)39(25)24-8-11-37(12-9-24)26-18-41-19-26)16-23-7-6-22(15-34-23)28-35-36-29(42-28)27(31)32/h2-7,10,13-15,24,26-27H,1,8-9,11-12,16-19H2/b20-4+,25-13+. The number of ether oxygens (including phenoxy) is 1. The third kappa shape index (κ3) is 5.86. The largest absolute Gasteiger partial charge is 0.415 e. The number of hydrogen-bond acceptors (Lipinski definition) is 8. The van der Waals surface area contributed by atoms with E-state index in [0.717, 1.165) is 56.0 Å². The molecule has 0 saturated carbocycles. The number of allylic oxidation sites excluding steroid dienone is 4. The van der Waals surface area contributed by atoms with Crippen molar-refractivity contribution in [2.75, 3.05) is 32.8 Å². The summed E-state index contributed by atoms with van der Waals surface area (Å²) in [7, 11) is 0. The van der Waals surface area contributed by atoms with Gasteiger partial charge in [0.2, 0.25) is 5.89 Å². The number of amides is 2. The van der Waals surface area contributed by atoms with Crippen LogP contribution in [0.5, 0.6) is 0 Å². The maximum atomic E-state index is 13.9. The van der Waals surface area contributed by atoms with E-state index in [1.165, 1.54) is 6.20 Å². The Morgan fingerprint density at radius 1 is 1.12 bits per heavy atom. The third-order valence-corrected chi connectivity index (χ3v) is 7.81. The predicted molar refractivity (Wildman–Crippen MR) is 150 cm³/mol. The molecule has 0 atom stereocenters. The second-order valence-electron chi connectivity index (χ2n) is 10.5. The monoisotopic (exact) mass is 575 g/mol. The molecule has 3 aromatic heterocycles. The van der Waals surface area contributed by atoms with Crippen molar-refractivity contribution in [1.29, 1.82) is 0 Å². The molecule has 0 radical (unpaired) electrons. The molecular weight excluding hydrogens is 544 g/mol. The molecule has 0 N–H and O–H groups in total. The van der Waals surface area contributed by atoms with E-state index in [1.807, 2.05) is 23.1 Å². The number of alkyl halides is 2. The second kappa shape index (κ2) is 12.3. The van der Waals surface area contributed by atoms with E-state index in [1.54, 1.807) is 35.5 Å². The summed E-state index contributed by atoms with van der Waals surface area (Å²) in [5.74, 6) is -0.770. The lowest BCUT2D eigenvalue weighted by Crippen LogP contribution is -2.54. The van der Waals surface area contributed by atoms with E-state index < -0.39 is 12.3 Å². The first-order valence-electron chi connectivity index (χ1n) is 13.9. The molecular formula is C30H31F2N7O3. The molecule has 0 spiro atoms. The van der Waals surface area contributed by atoms with Crippen molar-refractivity contribution in [2.45, 2.75) is 37.9 Å². The summed E-state index contributed by atoms with van der Waals surface area (Å²) in [6, 6.07) is 7.75. The fraction of sp³-hybridized carbons (Fsp3) is 0.367. The molecule has 0 aliphatic carbocycles. The SMILES string of the molecule is C=C/C=C(\C=C1/CN(Cc2ccc(-c3nnc(C(F)F)o3)cn2)C(=O)N1C1CCN(C2COC2)CC1)c1cccnc1. The van der Waals surface area contributed by atoms with Crippen LogP contribution >= 0.6 is 0 Å². The Morgan fingerprint density at radius 3 is 2.57 bits per heavy atom. The fourth-order valence-electron chi connectivity index (χ4n) is 5.53. The minimum atomic E-state index is -2.84. The third-order valence-electron chi connectivity index (χ3n) is 7.81. The Labute approximate surface area is 242 Å². The van der Waals surface area contributed by atoms with E-state index in [2.05, 4.69) is 37.7 Å². The number of nitrogens with zero attached hydrogens (tertiary/aromatic N) is 7. The molecule has 3 saturated heterocycles. The van der Waals surface area contributed by atoms with E-state index in [-0.39, 0.29) is 24.5 Å². The van der Waals surface area contributed by atoms with Gasteiger partial charge in [0.05, 0.1) is 43.6 Å². The molecule has 0 bridgehead atoms. The zero-order valence-corrected chi connectivity index (χ0v) is 23.0. The van der Waals surface area contributed by atoms with Crippen LogP contribution < -0.4 is 0 Å². The maximum absolute atomic E-state index is 13.9. The first-order valence-corrected chi connectivity index (χ1v) is 13.9. The molecule has 10 nitrogen and oxygen atoms in total. The van der Waals surface area contributed by atoms with E-state index >= 15 is 0 Å². The van der Waals surface area contributed by atoms with Gasteiger partial charge in [0.1, 0.15) is 0 Å². The van der Waals surface area contributed by atoms with Crippen molar-refractivity contribution in [1.82, 2.24) is 34.9 Å². The number of carbonyl (C=O) groups is 1. The zero-order valence-electron chi connectivity index (χ0n) is 23.0. The topological polar surface area (TPSA) is 101 Å². The molecule has 0 unspecified atom stereocenters. The highest BCUT2D eigenvalue weighted by Gasteiger charge is 2.40. The molecule has 42 heavy (non-hydrogen) atoms. The number of likely N-dealkylation sites (tertiary alicyclic amines) is 1.